The van der Waals surface area contributed by atoms with Crippen molar-refractivity contribution >= 4 is 33.2 Å². The lowest BCUT2D eigenvalue weighted by molar-refractivity contribution is 0.309. The molecule has 0 heterocycles. The molecule has 0 spiro atoms. The number of ether oxygens (including phenoxy) is 1. The minimum absolute atomic E-state index is 0.223. The van der Waals surface area contributed by atoms with Crippen molar-refractivity contribution in [3.05, 3.63) is 24.3 Å². The van der Waals surface area contributed by atoms with Gasteiger partial charge in [0.15, 0.2) is 0 Å². The van der Waals surface area contributed by atoms with Crippen LogP contribution in [0, 0.1) is 0 Å². The lowest BCUT2D eigenvalue weighted by atomic mass is 10.3. The highest BCUT2D eigenvalue weighted by Crippen LogP contribution is 2.20. The zero-order valence-corrected chi connectivity index (χ0v) is 14.4. The van der Waals surface area contributed by atoms with Gasteiger partial charge in [-0.25, -0.2) is 8.42 Å². The highest BCUT2D eigenvalue weighted by Gasteiger charge is 2.23. The molecular weight excluding hydrogens is 333 g/mol. The van der Waals surface area contributed by atoms with E-state index in [9.17, 15) is 8.42 Å². The normalized spacial score (nSPS) is 11.8. The molecule has 0 unspecified atom stereocenters. The van der Waals surface area contributed by atoms with Gasteiger partial charge in [-0.2, -0.15) is 4.31 Å². The van der Waals surface area contributed by atoms with E-state index in [2.05, 4.69) is 6.92 Å². The summed E-state index contributed by atoms with van der Waals surface area (Å²) in [7, 11) is -3.56. The van der Waals surface area contributed by atoms with Crippen LogP contribution in [0.5, 0.6) is 5.75 Å². The molecule has 0 amide bonds. The lowest BCUT2D eigenvalue weighted by Gasteiger charge is -2.20. The molecule has 21 heavy (non-hydrogen) atoms. The fraction of sp³-hybridized carbons (Fsp3) is 0.571. The Morgan fingerprint density at radius 1 is 1.10 bits per heavy atom. The number of alkyl halides is 2. The highest BCUT2D eigenvalue weighted by molar-refractivity contribution is 7.89. The third-order valence-electron chi connectivity index (χ3n) is 2.90. The van der Waals surface area contributed by atoms with Crippen molar-refractivity contribution in [2.24, 2.45) is 0 Å². The van der Waals surface area contributed by atoms with Gasteiger partial charge in [-0.3, -0.25) is 0 Å². The Labute approximate surface area is 137 Å². The predicted octanol–water partition coefficient (Wildman–Crippen LogP) is 3.33. The lowest BCUT2D eigenvalue weighted by Crippen LogP contribution is -2.34. The van der Waals surface area contributed by atoms with E-state index in [1.807, 2.05) is 0 Å². The molecule has 4 nitrogen and oxygen atoms in total. The third kappa shape index (κ3) is 5.66. The van der Waals surface area contributed by atoms with Crippen molar-refractivity contribution in [1.82, 2.24) is 4.31 Å². The van der Waals surface area contributed by atoms with Gasteiger partial charge in [-0.15, -0.1) is 23.2 Å². The molecule has 0 aliphatic heterocycles. The van der Waals surface area contributed by atoms with E-state index in [1.54, 1.807) is 24.3 Å². The molecule has 1 rings (SSSR count). The Morgan fingerprint density at radius 3 is 2.14 bits per heavy atom. The maximum absolute atomic E-state index is 12.5. The molecule has 120 valence electrons. The second-order valence-corrected chi connectivity index (χ2v) is 7.15. The van der Waals surface area contributed by atoms with Gasteiger partial charge in [0.05, 0.1) is 11.5 Å². The molecule has 1 aromatic carbocycles. The van der Waals surface area contributed by atoms with Crippen LogP contribution in [-0.2, 0) is 10.0 Å². The van der Waals surface area contributed by atoms with Crippen LogP contribution in [0.1, 0.15) is 19.8 Å². The fourth-order valence-corrected chi connectivity index (χ4v) is 3.78. The second kappa shape index (κ2) is 9.51. The fourth-order valence-electron chi connectivity index (χ4n) is 1.73. The summed E-state index contributed by atoms with van der Waals surface area (Å²) in [6, 6.07) is 6.43. The Kier molecular flexibility index (Phi) is 8.41. The van der Waals surface area contributed by atoms with Crippen molar-refractivity contribution in [3.63, 3.8) is 0 Å². The number of hydrogen-bond donors (Lipinski definition) is 0. The van der Waals surface area contributed by atoms with Crippen LogP contribution in [0.4, 0.5) is 0 Å². The van der Waals surface area contributed by atoms with Crippen LogP contribution in [-0.4, -0.2) is 44.2 Å². The molecule has 0 saturated heterocycles. The van der Waals surface area contributed by atoms with E-state index < -0.39 is 10.0 Å². The summed E-state index contributed by atoms with van der Waals surface area (Å²) in [6.07, 6.45) is 2.03. The van der Waals surface area contributed by atoms with Crippen LogP contribution in [0.25, 0.3) is 0 Å². The molecule has 0 aliphatic rings. The van der Waals surface area contributed by atoms with Crippen LogP contribution >= 0.6 is 23.2 Å². The van der Waals surface area contributed by atoms with E-state index in [-0.39, 0.29) is 29.7 Å². The number of unbranched alkanes of at least 4 members (excludes halogenated alkanes) is 1. The van der Waals surface area contributed by atoms with Crippen molar-refractivity contribution in [2.75, 3.05) is 31.5 Å². The number of nitrogens with zero attached hydrogens (tertiary/aromatic N) is 1. The van der Waals surface area contributed by atoms with Gasteiger partial charge in [-0.05, 0) is 30.7 Å². The minimum atomic E-state index is -3.56. The van der Waals surface area contributed by atoms with E-state index in [1.165, 1.54) is 4.31 Å². The Morgan fingerprint density at radius 2 is 1.67 bits per heavy atom. The summed E-state index contributed by atoms with van der Waals surface area (Å²) in [4.78, 5) is 0.223. The van der Waals surface area contributed by atoms with Crippen LogP contribution in [0.3, 0.4) is 0 Å². The van der Waals surface area contributed by atoms with Crippen LogP contribution in [0.15, 0.2) is 29.2 Å². The molecule has 0 saturated carbocycles. The number of sulfonamides is 1. The summed E-state index contributed by atoms with van der Waals surface area (Å²) in [5, 5.41) is 0. The monoisotopic (exact) mass is 353 g/mol. The van der Waals surface area contributed by atoms with Gasteiger partial charge in [0.25, 0.3) is 0 Å². The van der Waals surface area contributed by atoms with Crippen molar-refractivity contribution < 1.29 is 13.2 Å². The van der Waals surface area contributed by atoms with Gasteiger partial charge >= 0.3 is 0 Å². The molecule has 0 N–H and O–H groups in total. The maximum Gasteiger partial charge on any atom is 0.243 e. The molecule has 0 bridgehead atoms. The summed E-state index contributed by atoms with van der Waals surface area (Å²) in [5.74, 6) is 1.13. The van der Waals surface area contributed by atoms with E-state index >= 15 is 0 Å². The average molecular weight is 354 g/mol. The zero-order valence-electron chi connectivity index (χ0n) is 12.1. The largest absolute Gasteiger partial charge is 0.494 e. The summed E-state index contributed by atoms with van der Waals surface area (Å²) in [5.41, 5.74) is 0. The molecule has 7 heteroatoms. The topological polar surface area (TPSA) is 46.6 Å². The van der Waals surface area contributed by atoms with Crippen LogP contribution < -0.4 is 4.74 Å². The van der Waals surface area contributed by atoms with Crippen molar-refractivity contribution in [1.29, 1.82) is 0 Å². The molecule has 0 aliphatic carbocycles. The summed E-state index contributed by atoms with van der Waals surface area (Å²) < 4.78 is 31.7. The van der Waals surface area contributed by atoms with E-state index in [0.29, 0.717) is 12.4 Å². The van der Waals surface area contributed by atoms with Gasteiger partial charge in [0, 0.05) is 24.8 Å². The third-order valence-corrected chi connectivity index (χ3v) is 5.15. The number of halogens is 2. The standard InChI is InChI=1S/C14H21Cl2NO3S/c1-2-3-12-20-13-4-6-14(7-5-13)21(18,19)17(10-8-15)11-9-16/h4-7H,2-3,8-12H2,1H3. The predicted molar refractivity (Wildman–Crippen MR) is 87.0 cm³/mol. The highest BCUT2D eigenvalue weighted by atomic mass is 35.5. The smallest absolute Gasteiger partial charge is 0.243 e. The Hall–Kier alpha value is -0.490. The first kappa shape index (κ1) is 18.6. The summed E-state index contributed by atoms with van der Waals surface area (Å²) in [6.45, 7) is 3.20. The second-order valence-electron chi connectivity index (χ2n) is 4.46. The maximum atomic E-state index is 12.5. The van der Waals surface area contributed by atoms with E-state index in [0.717, 1.165) is 12.8 Å². The van der Waals surface area contributed by atoms with Crippen LogP contribution in [0.2, 0.25) is 0 Å². The molecule has 0 aromatic heterocycles. The van der Waals surface area contributed by atoms with Crippen molar-refractivity contribution in [2.45, 2.75) is 24.7 Å². The molecule has 0 fully saturated rings. The quantitative estimate of drug-likeness (QED) is 0.478. The van der Waals surface area contributed by atoms with Gasteiger partial charge in [-0.1, -0.05) is 13.3 Å². The number of rotatable bonds is 10. The molecule has 0 radical (unpaired) electrons. The number of hydrogen-bond acceptors (Lipinski definition) is 3. The molecular formula is C14H21Cl2NO3S. The van der Waals surface area contributed by atoms with Gasteiger partial charge < -0.3 is 4.74 Å². The minimum Gasteiger partial charge on any atom is -0.494 e. The Balaban J connectivity index is 2.82. The first-order valence-electron chi connectivity index (χ1n) is 6.91. The van der Waals surface area contributed by atoms with E-state index in [4.69, 9.17) is 27.9 Å². The first-order valence-corrected chi connectivity index (χ1v) is 9.42. The summed E-state index contributed by atoms with van der Waals surface area (Å²) >= 11 is 11.3. The van der Waals surface area contributed by atoms with Gasteiger partial charge in [0.2, 0.25) is 10.0 Å². The van der Waals surface area contributed by atoms with Crippen molar-refractivity contribution in [3.8, 4) is 5.75 Å². The first-order chi connectivity index (χ1) is 10.1. The Bertz CT molecular complexity index is 499. The number of benzene rings is 1. The SMILES string of the molecule is CCCCOc1ccc(S(=O)(=O)N(CCCl)CCCl)cc1. The van der Waals surface area contributed by atoms with Gasteiger partial charge in [0.1, 0.15) is 5.75 Å². The molecule has 1 aromatic rings. The molecule has 0 atom stereocenters. The zero-order chi connectivity index (χ0) is 15.7. The average Bonchev–Trinajstić information content (AvgIpc) is 2.48.